The van der Waals surface area contributed by atoms with Crippen LogP contribution in [0.4, 0.5) is 0 Å². The van der Waals surface area contributed by atoms with Crippen LogP contribution in [0.3, 0.4) is 0 Å². The number of Topliss-reactive ketones (excluding diaryl/α,β-unsaturated/α-hetero) is 2. The minimum Gasteiger partial charge on any atom is -0.497 e. The molecule has 0 radical (unpaired) electrons. The summed E-state index contributed by atoms with van der Waals surface area (Å²) >= 11 is 0. The van der Waals surface area contributed by atoms with E-state index < -0.39 is 0 Å². The van der Waals surface area contributed by atoms with Crippen LogP contribution in [0, 0.1) is 5.92 Å². The van der Waals surface area contributed by atoms with Crippen molar-refractivity contribution in [3.05, 3.63) is 59.7 Å². The summed E-state index contributed by atoms with van der Waals surface area (Å²) in [4.78, 5) is 25.3. The van der Waals surface area contributed by atoms with Gasteiger partial charge in [0.1, 0.15) is 11.5 Å². The fraction of sp³-hybridized carbons (Fsp3) is 0.462. The number of ether oxygens (including phenoxy) is 2. The van der Waals surface area contributed by atoms with Gasteiger partial charge in [-0.05, 0) is 52.5 Å². The van der Waals surface area contributed by atoms with E-state index in [1.54, 1.807) is 32.4 Å². The summed E-state index contributed by atoms with van der Waals surface area (Å²) in [5.74, 6) is 1.76. The van der Waals surface area contributed by atoms with E-state index in [1.807, 2.05) is 77.3 Å². The molecule has 1 unspecified atom stereocenters. The molecule has 188 valence electrons. The highest BCUT2D eigenvalue weighted by atomic mass is 35.5. The number of nitrogens with zero attached hydrogens (tertiary/aromatic N) is 1. The van der Waals surface area contributed by atoms with Crippen molar-refractivity contribution in [2.45, 2.75) is 27.7 Å². The van der Waals surface area contributed by atoms with Crippen LogP contribution in [-0.2, 0) is 0 Å². The first kappa shape index (κ1) is 35.2. The first-order chi connectivity index (χ1) is 14.7. The topological polar surface area (TPSA) is 67.9 Å². The van der Waals surface area contributed by atoms with Gasteiger partial charge in [-0.1, -0.05) is 45.5 Å². The molecule has 0 aromatic heterocycles. The number of carbonyl (C=O) groups excluding carboxylic acids is 2. The lowest BCUT2D eigenvalue weighted by Crippen LogP contribution is -2.25. The molecule has 1 N–H and O–H groups in total. The summed E-state index contributed by atoms with van der Waals surface area (Å²) in [6.07, 6.45) is 0.535. The molecule has 0 spiro atoms. The predicted molar refractivity (Wildman–Crippen MR) is 142 cm³/mol. The number of nitrogens with one attached hydrogen (secondary N) is 1. The van der Waals surface area contributed by atoms with Gasteiger partial charge in [0.15, 0.2) is 11.6 Å². The van der Waals surface area contributed by atoms with Gasteiger partial charge in [0.25, 0.3) is 0 Å². The molecule has 0 fully saturated rings. The molecule has 0 aliphatic rings. The molecule has 7 heteroatoms. The number of hydrogen-bond acceptors (Lipinski definition) is 6. The first-order valence-electron chi connectivity index (χ1n) is 10.3. The maximum atomic E-state index is 12.1. The normalized spacial score (nSPS) is 10.1. The Balaban J connectivity index is -0.000000474. The van der Waals surface area contributed by atoms with E-state index in [1.165, 1.54) is 0 Å². The van der Waals surface area contributed by atoms with Gasteiger partial charge in [0.05, 0.1) is 14.2 Å². The molecular weight excluding hydrogens is 440 g/mol. The molecule has 0 saturated carbocycles. The molecule has 2 rings (SSSR count). The van der Waals surface area contributed by atoms with Crippen LogP contribution in [0.2, 0.25) is 0 Å². The third kappa shape index (κ3) is 14.4. The lowest BCUT2D eigenvalue weighted by Gasteiger charge is -2.16. The smallest absolute Gasteiger partial charge is 0.167 e. The summed E-state index contributed by atoms with van der Waals surface area (Å²) in [6.45, 7) is 4.56. The molecule has 0 aliphatic heterocycles. The first-order valence-corrected chi connectivity index (χ1v) is 10.3. The number of methoxy groups -OCH3 is 2. The molecule has 0 heterocycles. The summed E-state index contributed by atoms with van der Waals surface area (Å²) in [5, 5.41) is 2.75. The van der Waals surface area contributed by atoms with E-state index in [-0.39, 0.29) is 37.3 Å². The van der Waals surface area contributed by atoms with Crippen molar-refractivity contribution >= 4 is 24.0 Å². The van der Waals surface area contributed by atoms with Crippen molar-refractivity contribution in [3.63, 3.8) is 0 Å². The molecule has 0 saturated heterocycles. The van der Waals surface area contributed by atoms with E-state index in [2.05, 4.69) is 5.32 Å². The average Bonchev–Trinajstić information content (AvgIpc) is 2.78. The van der Waals surface area contributed by atoms with Crippen molar-refractivity contribution < 1.29 is 19.1 Å². The maximum absolute atomic E-state index is 12.1. The second-order valence-corrected chi connectivity index (χ2v) is 7.27. The van der Waals surface area contributed by atoms with Gasteiger partial charge in [-0.3, -0.25) is 9.59 Å². The Labute approximate surface area is 207 Å². The zero-order valence-electron chi connectivity index (χ0n) is 20.6. The quantitative estimate of drug-likeness (QED) is 0.518. The Bertz CT molecular complexity index is 797. The Morgan fingerprint density at radius 2 is 1.36 bits per heavy atom. The van der Waals surface area contributed by atoms with Crippen molar-refractivity contribution in [3.8, 4) is 11.5 Å². The highest BCUT2D eigenvalue weighted by Gasteiger charge is 2.16. The third-order valence-corrected chi connectivity index (χ3v) is 4.15. The van der Waals surface area contributed by atoms with Crippen LogP contribution < -0.4 is 14.8 Å². The highest BCUT2D eigenvalue weighted by molar-refractivity contribution is 5.98. The average molecular weight is 483 g/mol. The Hall–Kier alpha value is -2.41. The van der Waals surface area contributed by atoms with Gasteiger partial charge in [0.2, 0.25) is 0 Å². The minimum atomic E-state index is 0. The number of hydrogen-bond donors (Lipinski definition) is 1. The van der Waals surface area contributed by atoms with Crippen molar-refractivity contribution in [1.29, 1.82) is 0 Å². The molecular formula is C26H43ClN2O4. The maximum Gasteiger partial charge on any atom is 0.167 e. The lowest BCUT2D eigenvalue weighted by molar-refractivity contribution is 0.0909. The number of ketones is 2. The molecule has 2 aromatic rings. The van der Waals surface area contributed by atoms with Gasteiger partial charge in [0, 0.05) is 30.0 Å². The summed E-state index contributed by atoms with van der Waals surface area (Å²) in [5.41, 5.74) is 1.44. The molecule has 0 aliphatic carbocycles. The van der Waals surface area contributed by atoms with E-state index in [0.29, 0.717) is 12.0 Å². The van der Waals surface area contributed by atoms with Gasteiger partial charge >= 0.3 is 0 Å². The number of halogens is 1. The van der Waals surface area contributed by atoms with Crippen LogP contribution in [0.15, 0.2) is 48.5 Å². The lowest BCUT2D eigenvalue weighted by atomic mass is 9.99. The molecule has 0 bridgehead atoms. The van der Waals surface area contributed by atoms with E-state index in [9.17, 15) is 9.59 Å². The second-order valence-electron chi connectivity index (χ2n) is 7.27. The van der Waals surface area contributed by atoms with Crippen molar-refractivity contribution in [2.24, 2.45) is 5.92 Å². The molecule has 2 aromatic carbocycles. The van der Waals surface area contributed by atoms with Gasteiger partial charge in [-0.2, -0.15) is 0 Å². The van der Waals surface area contributed by atoms with Crippen LogP contribution in [0.25, 0.3) is 0 Å². The van der Waals surface area contributed by atoms with Gasteiger partial charge in [-0.25, -0.2) is 0 Å². The summed E-state index contributed by atoms with van der Waals surface area (Å²) in [6, 6.07) is 14.5. The van der Waals surface area contributed by atoms with Crippen molar-refractivity contribution in [2.75, 3.05) is 49.0 Å². The van der Waals surface area contributed by atoms with Crippen LogP contribution in [0.5, 0.6) is 11.5 Å². The van der Waals surface area contributed by atoms with E-state index >= 15 is 0 Å². The van der Waals surface area contributed by atoms with Crippen molar-refractivity contribution in [1.82, 2.24) is 10.2 Å². The molecule has 33 heavy (non-hydrogen) atoms. The fourth-order valence-electron chi connectivity index (χ4n) is 2.69. The largest absolute Gasteiger partial charge is 0.497 e. The predicted octanol–water partition coefficient (Wildman–Crippen LogP) is 5.26. The van der Waals surface area contributed by atoms with Crippen LogP contribution in [-0.4, -0.2) is 65.4 Å². The fourth-order valence-corrected chi connectivity index (χ4v) is 2.69. The SMILES string of the molecule is C.CCC(=O)c1cccc(OC)c1.CNC.COc1cccc(C(=O)C(C)CN(C)C)c1.Cl. The number of benzene rings is 2. The van der Waals surface area contributed by atoms with E-state index in [4.69, 9.17) is 9.47 Å². The highest BCUT2D eigenvalue weighted by Crippen LogP contribution is 2.16. The van der Waals surface area contributed by atoms with Crippen LogP contribution >= 0.6 is 12.4 Å². The Morgan fingerprint density at radius 3 is 1.76 bits per heavy atom. The zero-order valence-corrected chi connectivity index (χ0v) is 21.4. The Kier molecular flexibility index (Phi) is 21.6. The van der Waals surface area contributed by atoms with Crippen LogP contribution in [0.1, 0.15) is 48.4 Å². The summed E-state index contributed by atoms with van der Waals surface area (Å²) in [7, 11) is 10.9. The number of carbonyl (C=O) groups is 2. The number of rotatable bonds is 8. The summed E-state index contributed by atoms with van der Waals surface area (Å²) < 4.78 is 10.1. The zero-order chi connectivity index (χ0) is 23.8. The minimum absolute atomic E-state index is 0. The molecule has 1 atom stereocenters. The van der Waals surface area contributed by atoms with Gasteiger partial charge in [-0.15, -0.1) is 12.4 Å². The molecule has 6 nitrogen and oxygen atoms in total. The van der Waals surface area contributed by atoms with Gasteiger partial charge < -0.3 is 19.7 Å². The Morgan fingerprint density at radius 1 is 0.939 bits per heavy atom. The molecule has 0 amide bonds. The monoisotopic (exact) mass is 482 g/mol. The second kappa shape index (κ2) is 20.2. The standard InChI is InChI=1S/C13H19NO2.C10H12O2.C2H7N.CH4.ClH/c1-10(9-14(2)3)13(15)11-6-5-7-12(8-11)16-4;1-3-10(11)8-5-4-6-9(7-8)12-2;1-3-2;;/h5-8,10H,9H2,1-4H3;4-7H,3H2,1-2H3;3H,1-2H3;1H4;1H. The van der Waals surface area contributed by atoms with E-state index in [0.717, 1.165) is 23.6 Å². The third-order valence-electron chi connectivity index (χ3n) is 4.15.